The van der Waals surface area contributed by atoms with Gasteiger partial charge in [0.2, 0.25) is 0 Å². The Morgan fingerprint density at radius 2 is 2.28 bits per heavy atom. The molecule has 1 saturated heterocycles. The van der Waals surface area contributed by atoms with Gasteiger partial charge in [-0.05, 0) is 37.9 Å². The molecular weight excluding hydrogens is 397 g/mol. The van der Waals surface area contributed by atoms with Crippen LogP contribution >= 0.6 is 11.6 Å². The average molecular weight is 418 g/mol. The summed E-state index contributed by atoms with van der Waals surface area (Å²) in [6, 6.07) is 3.12. The van der Waals surface area contributed by atoms with Gasteiger partial charge < -0.3 is 16.0 Å². The number of hydrogen-bond acceptors (Lipinski definition) is 6. The van der Waals surface area contributed by atoms with E-state index in [0.717, 1.165) is 25.6 Å². The van der Waals surface area contributed by atoms with Crippen molar-refractivity contribution in [3.05, 3.63) is 52.8 Å². The number of nitrogens with one attached hydrogen (secondary N) is 1. The van der Waals surface area contributed by atoms with Crippen LogP contribution in [-0.4, -0.2) is 45.1 Å². The van der Waals surface area contributed by atoms with Crippen molar-refractivity contribution >= 4 is 29.0 Å². The first-order valence-corrected chi connectivity index (χ1v) is 9.86. The van der Waals surface area contributed by atoms with Gasteiger partial charge in [-0.3, -0.25) is 4.79 Å². The molecule has 1 aliphatic heterocycles. The molecule has 1 unspecified atom stereocenters. The highest BCUT2D eigenvalue weighted by atomic mass is 35.5. The zero-order valence-electron chi connectivity index (χ0n) is 15.7. The van der Waals surface area contributed by atoms with E-state index >= 15 is 0 Å². The van der Waals surface area contributed by atoms with E-state index in [1.54, 1.807) is 10.7 Å². The molecule has 0 saturated carbocycles. The van der Waals surface area contributed by atoms with Crippen molar-refractivity contribution in [1.29, 1.82) is 0 Å². The number of anilines is 1. The lowest BCUT2D eigenvalue weighted by molar-refractivity contribution is 0.0955. The molecule has 0 radical (unpaired) electrons. The molecule has 0 aliphatic carbocycles. The Kier molecular flexibility index (Phi) is 5.59. The standard InChI is InChI=1S/C19H21ClFN7O/c20-17-13(9-12(21)10-24-17)15-3-1-7-27(15)16-4-8-28-18(26-16)14(11-25-28)19(29)23-6-2-5-22/h4,8-11,15H,1-3,5-7,22H2,(H,23,29). The molecule has 0 aromatic carbocycles. The van der Waals surface area contributed by atoms with E-state index in [9.17, 15) is 9.18 Å². The lowest BCUT2D eigenvalue weighted by Crippen LogP contribution is -2.26. The minimum absolute atomic E-state index is 0.134. The predicted octanol–water partition coefficient (Wildman–Crippen LogP) is 2.34. The number of pyridine rings is 1. The van der Waals surface area contributed by atoms with Crippen molar-refractivity contribution in [1.82, 2.24) is 24.9 Å². The second kappa shape index (κ2) is 8.30. The Morgan fingerprint density at radius 1 is 1.41 bits per heavy atom. The van der Waals surface area contributed by atoms with Crippen LogP contribution in [0.1, 0.15) is 41.2 Å². The van der Waals surface area contributed by atoms with E-state index in [1.807, 2.05) is 6.07 Å². The molecule has 29 heavy (non-hydrogen) atoms. The average Bonchev–Trinajstić information content (AvgIpc) is 3.36. The zero-order chi connectivity index (χ0) is 20.4. The fourth-order valence-electron chi connectivity index (χ4n) is 3.61. The molecule has 152 valence electrons. The van der Waals surface area contributed by atoms with Crippen molar-refractivity contribution in [3.63, 3.8) is 0 Å². The molecule has 1 aliphatic rings. The van der Waals surface area contributed by atoms with E-state index in [-0.39, 0.29) is 17.1 Å². The normalized spacial score (nSPS) is 16.5. The topological polar surface area (TPSA) is 101 Å². The molecule has 4 rings (SSSR count). The SMILES string of the molecule is NCCCNC(=O)c1cnn2ccc(N3CCCC3c3cc(F)cnc3Cl)nc12. The van der Waals surface area contributed by atoms with Crippen LogP contribution in [0.5, 0.6) is 0 Å². The maximum atomic E-state index is 13.7. The van der Waals surface area contributed by atoms with Gasteiger partial charge in [-0.15, -0.1) is 0 Å². The van der Waals surface area contributed by atoms with Crippen LogP contribution in [0.2, 0.25) is 5.15 Å². The summed E-state index contributed by atoms with van der Waals surface area (Å²) in [6.45, 7) is 1.74. The first-order valence-electron chi connectivity index (χ1n) is 9.48. The smallest absolute Gasteiger partial charge is 0.256 e. The second-order valence-corrected chi connectivity index (χ2v) is 7.25. The number of fused-ring (bicyclic) bond motifs is 1. The van der Waals surface area contributed by atoms with Gasteiger partial charge in [0, 0.05) is 24.8 Å². The molecule has 10 heteroatoms. The van der Waals surface area contributed by atoms with Crippen LogP contribution in [0.3, 0.4) is 0 Å². The van der Waals surface area contributed by atoms with Crippen LogP contribution in [-0.2, 0) is 0 Å². The number of rotatable bonds is 6. The number of amides is 1. The summed E-state index contributed by atoms with van der Waals surface area (Å²) in [5, 5.41) is 7.32. The quantitative estimate of drug-likeness (QED) is 0.471. The van der Waals surface area contributed by atoms with E-state index in [4.69, 9.17) is 17.3 Å². The van der Waals surface area contributed by atoms with Crippen molar-refractivity contribution < 1.29 is 9.18 Å². The molecule has 3 N–H and O–H groups in total. The van der Waals surface area contributed by atoms with Crippen molar-refractivity contribution in [2.75, 3.05) is 24.5 Å². The minimum Gasteiger partial charge on any atom is -0.352 e. The Labute approximate surface area is 171 Å². The number of aromatic nitrogens is 4. The summed E-state index contributed by atoms with van der Waals surface area (Å²) >= 11 is 6.23. The van der Waals surface area contributed by atoms with Gasteiger partial charge in [-0.1, -0.05) is 11.6 Å². The third-order valence-corrected chi connectivity index (χ3v) is 5.32. The molecule has 0 bridgehead atoms. The number of nitrogens with two attached hydrogens (primary N) is 1. The molecule has 4 heterocycles. The van der Waals surface area contributed by atoms with Gasteiger partial charge in [0.05, 0.1) is 18.4 Å². The van der Waals surface area contributed by atoms with Crippen molar-refractivity contribution in [2.24, 2.45) is 5.73 Å². The maximum absolute atomic E-state index is 13.7. The fraction of sp³-hybridized carbons (Fsp3) is 0.368. The highest BCUT2D eigenvalue weighted by Crippen LogP contribution is 2.38. The first-order chi connectivity index (χ1) is 14.1. The Morgan fingerprint density at radius 3 is 3.10 bits per heavy atom. The molecule has 0 spiro atoms. The summed E-state index contributed by atoms with van der Waals surface area (Å²) in [6.07, 6.45) is 6.78. The van der Waals surface area contributed by atoms with E-state index < -0.39 is 5.82 Å². The summed E-state index contributed by atoms with van der Waals surface area (Å²) in [5.41, 5.74) is 6.96. The number of hydrogen-bond donors (Lipinski definition) is 2. The number of carbonyl (C=O) groups excluding carboxylic acids is 1. The lowest BCUT2D eigenvalue weighted by Gasteiger charge is -2.26. The van der Waals surface area contributed by atoms with Crippen LogP contribution in [0.4, 0.5) is 10.2 Å². The third kappa shape index (κ3) is 3.88. The monoisotopic (exact) mass is 417 g/mol. The molecule has 1 atom stereocenters. The Bertz CT molecular complexity index is 1040. The highest BCUT2D eigenvalue weighted by Gasteiger charge is 2.30. The summed E-state index contributed by atoms with van der Waals surface area (Å²) in [5.74, 6) is 0.0113. The number of nitrogens with zero attached hydrogens (tertiary/aromatic N) is 5. The van der Waals surface area contributed by atoms with Crippen LogP contribution in [0, 0.1) is 5.82 Å². The Hall–Kier alpha value is -2.78. The Balaban J connectivity index is 1.65. The number of carbonyl (C=O) groups is 1. The largest absolute Gasteiger partial charge is 0.352 e. The molecule has 1 fully saturated rings. The van der Waals surface area contributed by atoms with Gasteiger partial charge in [-0.2, -0.15) is 5.10 Å². The van der Waals surface area contributed by atoms with Crippen molar-refractivity contribution in [3.8, 4) is 0 Å². The third-order valence-electron chi connectivity index (χ3n) is 5.00. The maximum Gasteiger partial charge on any atom is 0.256 e. The van der Waals surface area contributed by atoms with Gasteiger partial charge in [0.15, 0.2) is 5.65 Å². The minimum atomic E-state index is -0.424. The summed E-state index contributed by atoms with van der Waals surface area (Å²) < 4.78 is 15.3. The van der Waals surface area contributed by atoms with Crippen LogP contribution in [0.15, 0.2) is 30.7 Å². The second-order valence-electron chi connectivity index (χ2n) is 6.90. The van der Waals surface area contributed by atoms with E-state index in [1.165, 1.54) is 12.3 Å². The summed E-state index contributed by atoms with van der Waals surface area (Å²) in [7, 11) is 0. The summed E-state index contributed by atoms with van der Waals surface area (Å²) in [4.78, 5) is 23.1. The zero-order valence-corrected chi connectivity index (χ0v) is 16.4. The highest BCUT2D eigenvalue weighted by molar-refractivity contribution is 6.30. The van der Waals surface area contributed by atoms with Gasteiger partial charge in [0.25, 0.3) is 5.91 Å². The van der Waals surface area contributed by atoms with E-state index in [2.05, 4.69) is 25.3 Å². The molecule has 3 aromatic heterocycles. The van der Waals surface area contributed by atoms with Gasteiger partial charge in [-0.25, -0.2) is 18.9 Å². The van der Waals surface area contributed by atoms with Crippen LogP contribution in [0.25, 0.3) is 5.65 Å². The molecular formula is C19H21ClFN7O. The van der Waals surface area contributed by atoms with Gasteiger partial charge >= 0.3 is 0 Å². The predicted molar refractivity (Wildman–Crippen MR) is 108 cm³/mol. The molecule has 3 aromatic rings. The number of halogens is 2. The van der Waals surface area contributed by atoms with Gasteiger partial charge in [0.1, 0.15) is 22.4 Å². The first kappa shape index (κ1) is 19.5. The lowest BCUT2D eigenvalue weighted by atomic mass is 10.1. The molecule has 1 amide bonds. The molecule has 8 nitrogen and oxygen atoms in total. The fourth-order valence-corrected chi connectivity index (χ4v) is 3.84. The van der Waals surface area contributed by atoms with Crippen LogP contribution < -0.4 is 16.0 Å². The van der Waals surface area contributed by atoms with Crippen molar-refractivity contribution in [2.45, 2.75) is 25.3 Å². The van der Waals surface area contributed by atoms with E-state index in [0.29, 0.717) is 42.1 Å².